The van der Waals surface area contributed by atoms with E-state index in [2.05, 4.69) is 15.6 Å². The van der Waals surface area contributed by atoms with Gasteiger partial charge in [0.25, 0.3) is 0 Å². The first-order valence-corrected chi connectivity index (χ1v) is 8.89. The smallest absolute Gasteiger partial charge is 0.326 e. The maximum atomic E-state index is 12.7. The summed E-state index contributed by atoms with van der Waals surface area (Å²) in [5.74, 6) is -2.38. The van der Waals surface area contributed by atoms with Crippen molar-refractivity contribution in [2.75, 3.05) is 6.54 Å². The van der Waals surface area contributed by atoms with Crippen molar-refractivity contribution in [1.29, 1.82) is 0 Å². The van der Waals surface area contributed by atoms with Crippen LogP contribution in [0.25, 0.3) is 0 Å². The van der Waals surface area contributed by atoms with E-state index in [1.54, 1.807) is 12.1 Å². The number of carboxylic acid groups (broad SMARTS) is 1. The van der Waals surface area contributed by atoms with Gasteiger partial charge in [-0.3, -0.25) is 14.6 Å². The first kappa shape index (κ1) is 22.9. The molecular formula is C18H28N6O4. The van der Waals surface area contributed by atoms with Crippen molar-refractivity contribution in [1.82, 2.24) is 10.6 Å². The van der Waals surface area contributed by atoms with Crippen LogP contribution in [-0.2, 0) is 20.8 Å². The van der Waals surface area contributed by atoms with Crippen LogP contribution in [0.2, 0.25) is 0 Å². The molecule has 0 aliphatic rings. The number of hydrogen-bond acceptors (Lipinski definition) is 5. The predicted octanol–water partition coefficient (Wildman–Crippen LogP) is -1.32. The van der Waals surface area contributed by atoms with Gasteiger partial charge in [0, 0.05) is 13.0 Å². The van der Waals surface area contributed by atoms with E-state index in [4.69, 9.17) is 17.2 Å². The second-order valence-electron chi connectivity index (χ2n) is 6.39. The van der Waals surface area contributed by atoms with Crippen LogP contribution >= 0.6 is 0 Å². The summed E-state index contributed by atoms with van der Waals surface area (Å²) in [5, 5.41) is 14.4. The van der Waals surface area contributed by atoms with Crippen LogP contribution in [0.15, 0.2) is 35.3 Å². The Bertz CT molecular complexity index is 689. The standard InChI is InChI=1S/C18H28N6O4/c1-11(19)15(25)24-14(10-12-6-3-2-4-7-12)16(26)23-13(17(27)28)8-5-9-22-18(20)21/h2-4,6-7,11,13-14H,5,8-10,19H2,1H3,(H,23,26)(H,24,25)(H,27,28)(H4,20,21,22)/t11-,13-,14-/m0/s1. The van der Waals surface area contributed by atoms with Crippen LogP contribution in [0.3, 0.4) is 0 Å². The number of nitrogens with two attached hydrogens (primary N) is 3. The Morgan fingerprint density at radius 1 is 1.07 bits per heavy atom. The summed E-state index contributed by atoms with van der Waals surface area (Å²) in [4.78, 5) is 39.9. The molecular weight excluding hydrogens is 364 g/mol. The van der Waals surface area contributed by atoms with Crippen LogP contribution in [0.5, 0.6) is 0 Å². The molecule has 1 rings (SSSR count). The SMILES string of the molecule is C[C@H](N)C(=O)N[C@@H](Cc1ccccc1)C(=O)N[C@@H](CCCN=C(N)N)C(=O)O. The van der Waals surface area contributed by atoms with Crippen LogP contribution in [0.4, 0.5) is 0 Å². The molecule has 1 aromatic rings. The Morgan fingerprint density at radius 3 is 2.21 bits per heavy atom. The van der Waals surface area contributed by atoms with Crippen molar-refractivity contribution in [2.45, 2.75) is 44.3 Å². The molecule has 0 aromatic heterocycles. The Balaban J connectivity index is 2.82. The van der Waals surface area contributed by atoms with Gasteiger partial charge in [-0.1, -0.05) is 30.3 Å². The van der Waals surface area contributed by atoms with E-state index < -0.39 is 35.9 Å². The molecule has 10 heteroatoms. The number of carbonyl (C=O) groups excluding carboxylic acids is 2. The summed E-state index contributed by atoms with van der Waals surface area (Å²) in [5.41, 5.74) is 16.8. The lowest BCUT2D eigenvalue weighted by molar-refractivity contribution is -0.142. The van der Waals surface area contributed by atoms with Gasteiger partial charge in [-0.2, -0.15) is 0 Å². The summed E-state index contributed by atoms with van der Waals surface area (Å²) >= 11 is 0. The van der Waals surface area contributed by atoms with Gasteiger partial charge in [0.05, 0.1) is 6.04 Å². The third-order valence-corrected chi connectivity index (χ3v) is 3.89. The van der Waals surface area contributed by atoms with Crippen LogP contribution < -0.4 is 27.8 Å². The molecule has 0 unspecified atom stereocenters. The maximum Gasteiger partial charge on any atom is 0.326 e. The van der Waals surface area contributed by atoms with Crippen molar-refractivity contribution in [3.05, 3.63) is 35.9 Å². The fraction of sp³-hybridized carbons (Fsp3) is 0.444. The summed E-state index contributed by atoms with van der Waals surface area (Å²) < 4.78 is 0. The molecule has 1 aromatic carbocycles. The third-order valence-electron chi connectivity index (χ3n) is 3.89. The van der Waals surface area contributed by atoms with Crippen LogP contribution in [0.1, 0.15) is 25.3 Å². The zero-order valence-electron chi connectivity index (χ0n) is 15.8. The van der Waals surface area contributed by atoms with Gasteiger partial charge in [-0.25, -0.2) is 4.79 Å². The fourth-order valence-corrected chi connectivity index (χ4v) is 2.40. The Hall–Kier alpha value is -3.14. The van der Waals surface area contributed by atoms with Crippen molar-refractivity contribution < 1.29 is 19.5 Å². The molecule has 3 atom stereocenters. The van der Waals surface area contributed by atoms with E-state index in [1.807, 2.05) is 18.2 Å². The number of guanidine groups is 1. The molecule has 0 spiro atoms. The highest BCUT2D eigenvalue weighted by Gasteiger charge is 2.27. The minimum atomic E-state index is -1.19. The number of nitrogens with zero attached hydrogens (tertiary/aromatic N) is 1. The second kappa shape index (κ2) is 11.5. The number of carboxylic acids is 1. The highest BCUT2D eigenvalue weighted by molar-refractivity contribution is 5.91. The van der Waals surface area contributed by atoms with E-state index in [1.165, 1.54) is 6.92 Å². The lowest BCUT2D eigenvalue weighted by Crippen LogP contribution is -2.54. The van der Waals surface area contributed by atoms with E-state index in [9.17, 15) is 19.5 Å². The number of aliphatic imine (C=N–C) groups is 1. The average molecular weight is 392 g/mol. The first-order chi connectivity index (χ1) is 13.2. The lowest BCUT2D eigenvalue weighted by atomic mass is 10.0. The van der Waals surface area contributed by atoms with E-state index in [0.29, 0.717) is 6.42 Å². The number of rotatable bonds is 11. The van der Waals surface area contributed by atoms with Gasteiger partial charge in [0.15, 0.2) is 5.96 Å². The summed E-state index contributed by atoms with van der Waals surface area (Å²) in [6.45, 7) is 1.74. The molecule has 154 valence electrons. The normalized spacial score (nSPS) is 13.6. The third kappa shape index (κ3) is 8.49. The summed E-state index contributed by atoms with van der Waals surface area (Å²) in [6, 6.07) is 6.16. The molecule has 28 heavy (non-hydrogen) atoms. The highest BCUT2D eigenvalue weighted by Crippen LogP contribution is 2.06. The zero-order valence-corrected chi connectivity index (χ0v) is 15.8. The highest BCUT2D eigenvalue weighted by atomic mass is 16.4. The predicted molar refractivity (Wildman–Crippen MR) is 105 cm³/mol. The van der Waals surface area contributed by atoms with Gasteiger partial charge < -0.3 is 32.9 Å². The molecule has 9 N–H and O–H groups in total. The van der Waals surface area contributed by atoms with Gasteiger partial charge in [0.1, 0.15) is 12.1 Å². The van der Waals surface area contributed by atoms with E-state index in [0.717, 1.165) is 5.56 Å². The Kier molecular flexibility index (Phi) is 9.44. The molecule has 0 saturated heterocycles. The van der Waals surface area contributed by atoms with Crippen molar-refractivity contribution >= 4 is 23.7 Å². The summed E-state index contributed by atoms with van der Waals surface area (Å²) in [6.07, 6.45) is 0.702. The molecule has 0 heterocycles. The van der Waals surface area contributed by atoms with Gasteiger partial charge in [-0.05, 0) is 25.3 Å². The minimum absolute atomic E-state index is 0.0857. The van der Waals surface area contributed by atoms with Crippen molar-refractivity contribution in [3.63, 3.8) is 0 Å². The first-order valence-electron chi connectivity index (χ1n) is 8.89. The average Bonchev–Trinajstić information content (AvgIpc) is 2.63. The number of aliphatic carboxylic acids is 1. The number of nitrogens with one attached hydrogen (secondary N) is 2. The number of carbonyl (C=O) groups is 3. The number of benzene rings is 1. The van der Waals surface area contributed by atoms with Gasteiger partial charge in [0.2, 0.25) is 11.8 Å². The van der Waals surface area contributed by atoms with Gasteiger partial charge in [-0.15, -0.1) is 0 Å². The number of hydrogen-bond donors (Lipinski definition) is 6. The zero-order chi connectivity index (χ0) is 21.1. The maximum absolute atomic E-state index is 12.7. The number of amides is 2. The Labute approximate surface area is 163 Å². The molecule has 0 bridgehead atoms. The minimum Gasteiger partial charge on any atom is -0.480 e. The monoisotopic (exact) mass is 392 g/mol. The topological polar surface area (TPSA) is 186 Å². The van der Waals surface area contributed by atoms with Crippen molar-refractivity contribution in [3.8, 4) is 0 Å². The van der Waals surface area contributed by atoms with Crippen molar-refractivity contribution in [2.24, 2.45) is 22.2 Å². The molecule has 0 radical (unpaired) electrons. The second-order valence-corrected chi connectivity index (χ2v) is 6.39. The Morgan fingerprint density at radius 2 is 1.68 bits per heavy atom. The van der Waals surface area contributed by atoms with Crippen LogP contribution in [0, 0.1) is 0 Å². The van der Waals surface area contributed by atoms with E-state index >= 15 is 0 Å². The molecule has 0 saturated carbocycles. The quantitative estimate of drug-likeness (QED) is 0.153. The lowest BCUT2D eigenvalue weighted by Gasteiger charge is -2.22. The molecule has 0 aliphatic heterocycles. The van der Waals surface area contributed by atoms with E-state index in [-0.39, 0.29) is 25.3 Å². The fourth-order valence-electron chi connectivity index (χ4n) is 2.40. The molecule has 2 amide bonds. The molecule has 0 aliphatic carbocycles. The molecule has 0 fully saturated rings. The van der Waals surface area contributed by atoms with Crippen LogP contribution in [-0.4, -0.2) is 53.5 Å². The van der Waals surface area contributed by atoms with Gasteiger partial charge >= 0.3 is 5.97 Å². The summed E-state index contributed by atoms with van der Waals surface area (Å²) in [7, 11) is 0. The largest absolute Gasteiger partial charge is 0.480 e. The molecule has 10 nitrogen and oxygen atoms in total.